The minimum absolute atomic E-state index is 0. The zero-order valence-corrected chi connectivity index (χ0v) is 7.51. The molecule has 0 aliphatic rings. The summed E-state index contributed by atoms with van der Waals surface area (Å²) in [6.45, 7) is 0. The van der Waals surface area contributed by atoms with Crippen molar-refractivity contribution in [1.29, 1.82) is 0 Å². The van der Waals surface area contributed by atoms with Crippen LogP contribution in [0.15, 0.2) is 0 Å². The van der Waals surface area contributed by atoms with Crippen molar-refractivity contribution < 1.29 is 20.4 Å². The molecule has 0 aromatic rings. The standard InChI is InChI=1S/CH4.2ClH.Mg.H2O4S.2H/c;;;;1-5(2,3)4;;/h1H4;2*1H;;(H2,1,2,3,4);;/q;;;+2;;2*-1. The van der Waals surface area contributed by atoms with Gasteiger partial charge in [0.15, 0.2) is 0 Å². The van der Waals surface area contributed by atoms with Gasteiger partial charge in [-0.05, 0) is 0 Å². The van der Waals surface area contributed by atoms with Gasteiger partial charge in [0, 0.05) is 0 Å². The molecule has 9 heavy (non-hydrogen) atoms. The zero-order valence-electron chi connectivity index (χ0n) is 5.64. The van der Waals surface area contributed by atoms with E-state index in [2.05, 4.69) is 0 Å². The summed E-state index contributed by atoms with van der Waals surface area (Å²) in [7, 11) is -4.67. The van der Waals surface area contributed by atoms with E-state index in [0.29, 0.717) is 0 Å². The second-order valence-electron chi connectivity index (χ2n) is 0.448. The van der Waals surface area contributed by atoms with Gasteiger partial charge in [-0.1, -0.05) is 7.43 Å². The molecule has 0 amide bonds. The van der Waals surface area contributed by atoms with Crippen molar-refractivity contribution in [2.45, 2.75) is 7.43 Å². The summed E-state index contributed by atoms with van der Waals surface area (Å²) in [6.07, 6.45) is 0. The van der Waals surface area contributed by atoms with Crippen LogP contribution in [0.25, 0.3) is 0 Å². The Morgan fingerprint density at radius 3 is 1.11 bits per heavy atom. The van der Waals surface area contributed by atoms with Crippen LogP contribution in [-0.2, 0) is 10.4 Å². The van der Waals surface area contributed by atoms with Crippen LogP contribution in [0.1, 0.15) is 10.3 Å². The predicted molar refractivity (Wildman–Crippen MR) is 43.4 cm³/mol. The summed E-state index contributed by atoms with van der Waals surface area (Å²) in [5, 5.41) is 0. The Balaban J connectivity index is -0.00000000533. The SMILES string of the molecule is C.Cl.Cl.O=S(=O)(O)O.[H-].[H-].[Mg+2]. The van der Waals surface area contributed by atoms with E-state index in [-0.39, 0.29) is 58.1 Å². The van der Waals surface area contributed by atoms with Crippen molar-refractivity contribution in [2.75, 3.05) is 0 Å². The van der Waals surface area contributed by atoms with E-state index in [1.54, 1.807) is 0 Å². The van der Waals surface area contributed by atoms with E-state index >= 15 is 0 Å². The van der Waals surface area contributed by atoms with Crippen LogP contribution in [0.3, 0.4) is 0 Å². The van der Waals surface area contributed by atoms with Crippen LogP contribution in [0.5, 0.6) is 0 Å². The molecule has 2 N–H and O–H groups in total. The van der Waals surface area contributed by atoms with E-state index < -0.39 is 10.4 Å². The van der Waals surface area contributed by atoms with Crippen molar-refractivity contribution in [3.05, 3.63) is 0 Å². The fourth-order valence-corrected chi connectivity index (χ4v) is 0. The molecule has 0 rings (SSSR count). The minimum atomic E-state index is -4.67. The van der Waals surface area contributed by atoms with E-state index in [0.717, 1.165) is 0 Å². The maximum atomic E-state index is 8.74. The first-order valence-corrected chi connectivity index (χ1v) is 2.10. The van der Waals surface area contributed by atoms with Gasteiger partial charge in [-0.15, -0.1) is 24.8 Å². The molecule has 0 bridgehead atoms. The maximum absolute atomic E-state index is 8.74. The summed E-state index contributed by atoms with van der Waals surface area (Å²) in [6, 6.07) is 0. The van der Waals surface area contributed by atoms with Crippen molar-refractivity contribution >= 4 is 58.3 Å². The monoisotopic (exact) mass is 212 g/mol. The van der Waals surface area contributed by atoms with Crippen molar-refractivity contribution in [2.24, 2.45) is 0 Å². The van der Waals surface area contributed by atoms with Crippen LogP contribution < -0.4 is 0 Å². The second kappa shape index (κ2) is 11.9. The number of hydrogen-bond acceptors (Lipinski definition) is 2. The van der Waals surface area contributed by atoms with E-state index in [1.807, 2.05) is 0 Å². The van der Waals surface area contributed by atoms with E-state index in [1.165, 1.54) is 0 Å². The predicted octanol–water partition coefficient (Wildman–Crippen LogP) is 0.671. The van der Waals surface area contributed by atoms with Gasteiger partial charge in [0.25, 0.3) is 0 Å². The molecule has 0 spiro atoms. The first-order valence-electron chi connectivity index (χ1n) is 0.698. The van der Waals surface area contributed by atoms with E-state index in [4.69, 9.17) is 17.5 Å². The Morgan fingerprint density at radius 1 is 1.11 bits per heavy atom. The van der Waals surface area contributed by atoms with Crippen molar-refractivity contribution in [3.63, 3.8) is 0 Å². The Bertz CT molecular complexity index is 109. The molecule has 0 unspecified atom stereocenters. The second-order valence-corrected chi connectivity index (χ2v) is 1.34. The molecule has 0 saturated carbocycles. The topological polar surface area (TPSA) is 74.6 Å². The Labute approximate surface area is 85.9 Å². The van der Waals surface area contributed by atoms with Gasteiger partial charge < -0.3 is 2.85 Å². The molecule has 0 aliphatic carbocycles. The first kappa shape index (κ1) is 31.9. The Kier molecular flexibility index (Phi) is 42.3. The summed E-state index contributed by atoms with van der Waals surface area (Å²) in [5.74, 6) is 0. The van der Waals surface area contributed by atoms with Crippen LogP contribution >= 0.6 is 24.8 Å². The fraction of sp³-hybridized carbons (Fsp3) is 1.00. The summed E-state index contributed by atoms with van der Waals surface area (Å²) < 4.78 is 31.6. The van der Waals surface area contributed by atoms with Gasteiger partial charge in [0.2, 0.25) is 0 Å². The van der Waals surface area contributed by atoms with Gasteiger partial charge in [-0.3, -0.25) is 9.11 Å². The van der Waals surface area contributed by atoms with Crippen LogP contribution in [0.4, 0.5) is 0 Å². The zero-order chi connectivity index (χ0) is 4.50. The molecule has 0 atom stereocenters. The maximum Gasteiger partial charge on any atom is 2.00 e. The molecule has 0 aliphatic heterocycles. The van der Waals surface area contributed by atoms with E-state index in [9.17, 15) is 0 Å². The van der Waals surface area contributed by atoms with Crippen LogP contribution in [-0.4, -0.2) is 40.6 Å². The third-order valence-corrected chi connectivity index (χ3v) is 0. The first-order chi connectivity index (χ1) is 2.00. The van der Waals surface area contributed by atoms with Crippen LogP contribution in [0, 0.1) is 0 Å². The largest absolute Gasteiger partial charge is 2.00 e. The third kappa shape index (κ3) is 324. The van der Waals surface area contributed by atoms with Gasteiger partial charge in [0.1, 0.15) is 0 Å². The molecule has 0 aromatic carbocycles. The van der Waals surface area contributed by atoms with Gasteiger partial charge in [0.05, 0.1) is 0 Å². The molecule has 0 aromatic heterocycles. The van der Waals surface area contributed by atoms with Gasteiger partial charge in [-0.2, -0.15) is 8.42 Å². The average molecular weight is 213 g/mol. The number of halogens is 2. The molecule has 0 fully saturated rings. The molecule has 0 saturated heterocycles. The molecule has 60 valence electrons. The minimum Gasteiger partial charge on any atom is -1.00 e. The van der Waals surface area contributed by atoms with Crippen molar-refractivity contribution in [3.8, 4) is 0 Å². The Morgan fingerprint density at radius 2 is 1.11 bits per heavy atom. The average Bonchev–Trinajstić information content (AvgIpc) is 0.722. The quantitative estimate of drug-likeness (QED) is 0.458. The number of hydrogen-bond donors (Lipinski definition) is 2. The molecular weight excluding hydrogens is 203 g/mol. The summed E-state index contributed by atoms with van der Waals surface area (Å²) in [4.78, 5) is 0. The molecular formula is CH10Cl2MgO4S. The normalized spacial score (nSPS) is 6.44. The smallest absolute Gasteiger partial charge is 1.00 e. The van der Waals surface area contributed by atoms with Crippen molar-refractivity contribution in [1.82, 2.24) is 0 Å². The van der Waals surface area contributed by atoms with Crippen LogP contribution in [0.2, 0.25) is 0 Å². The fourth-order valence-electron chi connectivity index (χ4n) is 0. The van der Waals surface area contributed by atoms with Gasteiger partial charge in [-0.25, -0.2) is 0 Å². The number of rotatable bonds is 0. The molecule has 4 nitrogen and oxygen atoms in total. The third-order valence-electron chi connectivity index (χ3n) is 0. The molecule has 8 heteroatoms. The molecule has 0 radical (unpaired) electrons. The molecule has 0 heterocycles. The Hall–Kier alpha value is 1.22. The summed E-state index contributed by atoms with van der Waals surface area (Å²) >= 11 is 0. The summed E-state index contributed by atoms with van der Waals surface area (Å²) in [5.41, 5.74) is 0. The van der Waals surface area contributed by atoms with Gasteiger partial charge >= 0.3 is 33.5 Å².